The molecule has 0 saturated carbocycles. The first kappa shape index (κ1) is 26.3. The summed E-state index contributed by atoms with van der Waals surface area (Å²) in [6.45, 7) is 8.98. The van der Waals surface area contributed by atoms with Gasteiger partial charge in [-0.3, -0.25) is 9.79 Å². The minimum atomic E-state index is -0.749. The number of benzene rings is 2. The Morgan fingerprint density at radius 2 is 1.61 bits per heavy atom. The number of esters is 3. The summed E-state index contributed by atoms with van der Waals surface area (Å²) in [4.78, 5) is 41.6. The van der Waals surface area contributed by atoms with Gasteiger partial charge in [0.25, 0.3) is 0 Å². The first-order valence-electron chi connectivity index (χ1n) is 10.5. The molecule has 0 N–H and O–H groups in total. The highest BCUT2D eigenvalue weighted by Gasteiger charge is 2.24. The van der Waals surface area contributed by atoms with E-state index in [0.717, 1.165) is 5.56 Å². The van der Waals surface area contributed by atoms with E-state index in [1.807, 2.05) is 20.8 Å². The monoisotopic (exact) mass is 517 g/mol. The highest BCUT2D eigenvalue weighted by Crippen LogP contribution is 2.35. The van der Waals surface area contributed by atoms with Crippen LogP contribution in [0.4, 0.5) is 0 Å². The van der Waals surface area contributed by atoms with Crippen LogP contribution in [0, 0.1) is 18.8 Å². The number of methoxy groups -OCH3 is 1. The molecule has 0 spiro atoms. The molecule has 0 bridgehead atoms. The van der Waals surface area contributed by atoms with E-state index in [0.29, 0.717) is 15.6 Å². The molecule has 2 aromatic carbocycles. The lowest BCUT2D eigenvalue weighted by Crippen LogP contribution is -2.26. The van der Waals surface area contributed by atoms with Gasteiger partial charge in [-0.15, -0.1) is 0 Å². The molecule has 2 rings (SSSR count). The average Bonchev–Trinajstić information content (AvgIpc) is 2.75. The smallest absolute Gasteiger partial charge is 0.343 e. The van der Waals surface area contributed by atoms with Crippen molar-refractivity contribution in [1.29, 1.82) is 0 Å². The van der Waals surface area contributed by atoms with E-state index in [9.17, 15) is 14.4 Å². The fraction of sp³-hybridized carbons (Fsp3) is 0.360. The van der Waals surface area contributed by atoms with Crippen LogP contribution >= 0.6 is 15.9 Å². The Balaban J connectivity index is 2.52. The molecule has 0 amide bonds. The highest BCUT2D eigenvalue weighted by atomic mass is 79.9. The van der Waals surface area contributed by atoms with Gasteiger partial charge in [0.15, 0.2) is 11.5 Å². The summed E-state index contributed by atoms with van der Waals surface area (Å²) in [6, 6.07) is 9.35. The first-order valence-corrected chi connectivity index (χ1v) is 11.3. The summed E-state index contributed by atoms with van der Waals surface area (Å²) >= 11 is 3.39. The zero-order valence-corrected chi connectivity index (χ0v) is 21.1. The zero-order chi connectivity index (χ0) is 24.7. The van der Waals surface area contributed by atoms with Gasteiger partial charge in [0, 0.05) is 16.3 Å². The number of carbonyl (C=O) groups excluding carboxylic acids is 3. The highest BCUT2D eigenvalue weighted by molar-refractivity contribution is 9.10. The summed E-state index contributed by atoms with van der Waals surface area (Å²) in [6.07, 6.45) is 1.42. The van der Waals surface area contributed by atoms with Gasteiger partial charge in [0.2, 0.25) is 0 Å². The standard InChI is InChI=1S/C25H28BrNO6/c1-14(2)21(25(30)31-6)27-13-18-11-19(26)12-20(22(18)33-23(28)15(3)4)32-24(29)17-9-7-16(5)8-10-17/h7-15,21H,1-6H3. The van der Waals surface area contributed by atoms with Gasteiger partial charge in [-0.05, 0) is 37.1 Å². The number of halogens is 1. The molecular formula is C25H28BrNO6. The zero-order valence-electron chi connectivity index (χ0n) is 19.5. The van der Waals surface area contributed by atoms with Crippen LogP contribution in [0.1, 0.15) is 49.2 Å². The molecule has 1 unspecified atom stereocenters. The molecule has 8 heteroatoms. The van der Waals surface area contributed by atoms with Crippen molar-refractivity contribution in [3.63, 3.8) is 0 Å². The van der Waals surface area contributed by atoms with Gasteiger partial charge in [-0.1, -0.05) is 61.3 Å². The summed E-state index contributed by atoms with van der Waals surface area (Å²) in [5.41, 5.74) is 1.71. The molecule has 0 saturated heterocycles. The minimum Gasteiger partial charge on any atom is -0.467 e. The van der Waals surface area contributed by atoms with Crippen molar-refractivity contribution in [2.75, 3.05) is 7.11 Å². The van der Waals surface area contributed by atoms with Crippen molar-refractivity contribution in [2.24, 2.45) is 16.8 Å². The van der Waals surface area contributed by atoms with Gasteiger partial charge >= 0.3 is 17.9 Å². The maximum Gasteiger partial charge on any atom is 0.343 e. The molecule has 176 valence electrons. The number of ether oxygens (including phenoxy) is 3. The van der Waals surface area contributed by atoms with Gasteiger partial charge in [-0.25, -0.2) is 9.59 Å². The summed E-state index contributed by atoms with van der Waals surface area (Å²) < 4.78 is 16.6. The van der Waals surface area contributed by atoms with Crippen molar-refractivity contribution in [1.82, 2.24) is 0 Å². The molecule has 0 heterocycles. The summed E-state index contributed by atoms with van der Waals surface area (Å²) in [7, 11) is 1.30. The van der Waals surface area contributed by atoms with E-state index in [-0.39, 0.29) is 17.4 Å². The van der Waals surface area contributed by atoms with E-state index in [4.69, 9.17) is 14.2 Å². The normalized spacial score (nSPS) is 12.2. The maximum absolute atomic E-state index is 12.7. The van der Waals surface area contributed by atoms with Crippen molar-refractivity contribution in [3.8, 4) is 11.5 Å². The third-order valence-electron chi connectivity index (χ3n) is 4.66. The fourth-order valence-corrected chi connectivity index (χ4v) is 3.18. The SMILES string of the molecule is COC(=O)C(N=Cc1cc(Br)cc(OC(=O)c2ccc(C)cc2)c1OC(=O)C(C)C)C(C)C. The van der Waals surface area contributed by atoms with Crippen LogP contribution in [0.3, 0.4) is 0 Å². The van der Waals surface area contributed by atoms with Crippen molar-refractivity contribution < 1.29 is 28.6 Å². The maximum atomic E-state index is 12.7. The lowest BCUT2D eigenvalue weighted by molar-refractivity contribution is -0.143. The molecule has 1 atom stereocenters. The van der Waals surface area contributed by atoms with E-state index < -0.39 is 29.9 Å². The molecule has 7 nitrogen and oxygen atoms in total. The Bertz CT molecular complexity index is 1040. The van der Waals surface area contributed by atoms with Gasteiger partial charge in [0.05, 0.1) is 18.6 Å². The van der Waals surface area contributed by atoms with E-state index in [2.05, 4.69) is 20.9 Å². The van der Waals surface area contributed by atoms with Crippen LogP contribution in [0.5, 0.6) is 11.5 Å². The number of hydrogen-bond donors (Lipinski definition) is 0. The average molecular weight is 518 g/mol. The van der Waals surface area contributed by atoms with Crippen molar-refractivity contribution in [3.05, 3.63) is 57.6 Å². The van der Waals surface area contributed by atoms with Gasteiger partial charge < -0.3 is 14.2 Å². The Morgan fingerprint density at radius 1 is 0.970 bits per heavy atom. The number of hydrogen-bond acceptors (Lipinski definition) is 7. The third kappa shape index (κ3) is 7.25. The number of aliphatic imine (C=N–C) groups is 1. The number of nitrogens with zero attached hydrogens (tertiary/aromatic N) is 1. The van der Waals surface area contributed by atoms with Crippen LogP contribution in [0.15, 0.2) is 45.9 Å². The Kier molecular flexibility index (Phi) is 9.34. The van der Waals surface area contributed by atoms with Crippen LogP contribution in [0.25, 0.3) is 0 Å². The topological polar surface area (TPSA) is 91.3 Å². The second-order valence-electron chi connectivity index (χ2n) is 8.14. The number of rotatable bonds is 8. The van der Waals surface area contributed by atoms with Crippen LogP contribution < -0.4 is 9.47 Å². The molecular weight excluding hydrogens is 490 g/mol. The lowest BCUT2D eigenvalue weighted by atomic mass is 10.1. The molecule has 0 fully saturated rings. The van der Waals surface area contributed by atoms with Crippen LogP contribution in [-0.4, -0.2) is 37.3 Å². The van der Waals surface area contributed by atoms with Gasteiger partial charge in [0.1, 0.15) is 6.04 Å². The minimum absolute atomic E-state index is 0.0356. The van der Waals surface area contributed by atoms with E-state index in [1.54, 1.807) is 44.2 Å². The first-order chi connectivity index (χ1) is 15.5. The Morgan fingerprint density at radius 3 is 2.15 bits per heavy atom. The Hall–Kier alpha value is -3.00. The Labute approximate surface area is 202 Å². The van der Waals surface area contributed by atoms with Crippen LogP contribution in [0.2, 0.25) is 0 Å². The third-order valence-corrected chi connectivity index (χ3v) is 5.12. The number of carbonyl (C=O) groups is 3. The predicted molar refractivity (Wildman–Crippen MR) is 129 cm³/mol. The molecule has 33 heavy (non-hydrogen) atoms. The van der Waals surface area contributed by atoms with Crippen molar-refractivity contribution >= 4 is 40.1 Å². The second kappa shape index (κ2) is 11.7. The molecule has 0 aromatic heterocycles. The van der Waals surface area contributed by atoms with Gasteiger partial charge in [-0.2, -0.15) is 0 Å². The molecule has 0 aliphatic heterocycles. The number of aryl methyl sites for hydroxylation is 1. The summed E-state index contributed by atoms with van der Waals surface area (Å²) in [5, 5.41) is 0. The predicted octanol–water partition coefficient (Wildman–Crippen LogP) is 5.15. The molecule has 2 aromatic rings. The van der Waals surface area contributed by atoms with E-state index in [1.165, 1.54) is 19.4 Å². The van der Waals surface area contributed by atoms with E-state index >= 15 is 0 Å². The molecule has 0 aliphatic rings. The fourth-order valence-electron chi connectivity index (χ4n) is 2.72. The van der Waals surface area contributed by atoms with Crippen LogP contribution in [-0.2, 0) is 14.3 Å². The van der Waals surface area contributed by atoms with Crippen molar-refractivity contribution in [2.45, 2.75) is 40.7 Å². The largest absolute Gasteiger partial charge is 0.467 e. The summed E-state index contributed by atoms with van der Waals surface area (Å²) in [5.74, 6) is -2.06. The molecule has 0 aliphatic carbocycles. The molecule has 0 radical (unpaired) electrons. The quantitative estimate of drug-likeness (QED) is 0.273. The lowest BCUT2D eigenvalue weighted by Gasteiger charge is -2.16. The second-order valence-corrected chi connectivity index (χ2v) is 9.06.